The third-order valence-electron chi connectivity index (χ3n) is 1.35. The first-order chi connectivity index (χ1) is 4.98. The minimum atomic E-state index is -1.51. The lowest BCUT2D eigenvalue weighted by molar-refractivity contribution is 0.182. The molecule has 0 atom stereocenters. The highest BCUT2D eigenvalue weighted by atomic mass is 28.4. The second kappa shape index (κ2) is 4.69. The minimum absolute atomic E-state index is 0.653. The molecule has 0 aliphatic rings. The van der Waals surface area contributed by atoms with E-state index >= 15 is 0 Å². The molecular weight excluding hydrogens is 156 g/mol. The zero-order chi connectivity index (χ0) is 8.91. The summed E-state index contributed by atoms with van der Waals surface area (Å²) in [6.45, 7) is 10.6. The summed E-state index contributed by atoms with van der Waals surface area (Å²) in [4.78, 5) is 0. The van der Waals surface area contributed by atoms with Crippen LogP contribution in [0.2, 0.25) is 13.1 Å². The van der Waals surface area contributed by atoms with Crippen LogP contribution in [0, 0.1) is 0 Å². The van der Waals surface area contributed by atoms with Crippen LogP contribution in [0.3, 0.4) is 0 Å². The number of ether oxygens (including phenoxy) is 1. The third-order valence-corrected chi connectivity index (χ3v) is 3.36. The van der Waals surface area contributed by atoms with Gasteiger partial charge in [-0.1, -0.05) is 12.2 Å². The Labute approximate surface area is 70.3 Å². The SMILES string of the molecule is C=C(C)COC[Si](C)(C)OC. The van der Waals surface area contributed by atoms with Gasteiger partial charge in [0.15, 0.2) is 0 Å². The quantitative estimate of drug-likeness (QED) is 0.468. The summed E-state index contributed by atoms with van der Waals surface area (Å²) >= 11 is 0. The first kappa shape index (κ1) is 10.9. The van der Waals surface area contributed by atoms with Crippen LogP contribution in [0.25, 0.3) is 0 Å². The molecule has 0 saturated heterocycles. The van der Waals surface area contributed by atoms with E-state index in [9.17, 15) is 0 Å². The van der Waals surface area contributed by atoms with Crippen molar-refractivity contribution in [1.82, 2.24) is 0 Å². The summed E-state index contributed by atoms with van der Waals surface area (Å²) < 4.78 is 10.7. The predicted molar refractivity (Wildman–Crippen MR) is 50.1 cm³/mol. The van der Waals surface area contributed by atoms with Crippen LogP contribution in [0.15, 0.2) is 12.2 Å². The Bertz CT molecular complexity index is 132. The standard InChI is InChI=1S/C8H18O2Si/c1-8(2)6-10-7-11(4,5)9-3/h1,6-7H2,2-5H3. The Kier molecular flexibility index (Phi) is 4.64. The highest BCUT2D eigenvalue weighted by molar-refractivity contribution is 6.71. The van der Waals surface area contributed by atoms with E-state index in [4.69, 9.17) is 9.16 Å². The molecule has 2 nitrogen and oxygen atoms in total. The smallest absolute Gasteiger partial charge is 0.211 e. The summed E-state index contributed by atoms with van der Waals surface area (Å²) in [6.07, 6.45) is 0.746. The van der Waals surface area contributed by atoms with Gasteiger partial charge in [0.05, 0.1) is 12.8 Å². The largest absolute Gasteiger partial charge is 0.418 e. The zero-order valence-corrected chi connectivity index (χ0v) is 8.94. The molecule has 0 aliphatic heterocycles. The molecule has 0 spiro atoms. The highest BCUT2D eigenvalue weighted by Crippen LogP contribution is 2.03. The van der Waals surface area contributed by atoms with Crippen LogP contribution in [0.1, 0.15) is 6.92 Å². The molecule has 3 heteroatoms. The maximum absolute atomic E-state index is 5.39. The number of rotatable bonds is 5. The van der Waals surface area contributed by atoms with Crippen molar-refractivity contribution in [3.05, 3.63) is 12.2 Å². The summed E-state index contributed by atoms with van der Waals surface area (Å²) in [5, 5.41) is 0. The number of hydrogen-bond acceptors (Lipinski definition) is 2. The molecule has 0 fully saturated rings. The van der Waals surface area contributed by atoms with Crippen molar-refractivity contribution < 1.29 is 9.16 Å². The molecule has 11 heavy (non-hydrogen) atoms. The second-order valence-corrected chi connectivity index (χ2v) is 7.63. The lowest BCUT2D eigenvalue weighted by atomic mass is 10.4. The van der Waals surface area contributed by atoms with Crippen LogP contribution in [-0.4, -0.2) is 28.3 Å². The van der Waals surface area contributed by atoms with Gasteiger partial charge in [-0.3, -0.25) is 0 Å². The molecule has 0 saturated carbocycles. The van der Waals surface area contributed by atoms with Crippen molar-refractivity contribution in [2.24, 2.45) is 0 Å². The Balaban J connectivity index is 3.45. The van der Waals surface area contributed by atoms with E-state index < -0.39 is 8.32 Å². The van der Waals surface area contributed by atoms with Gasteiger partial charge in [0.25, 0.3) is 0 Å². The lowest BCUT2D eigenvalue weighted by Crippen LogP contribution is -2.35. The third kappa shape index (κ3) is 6.28. The van der Waals surface area contributed by atoms with Crippen molar-refractivity contribution in [1.29, 1.82) is 0 Å². The van der Waals surface area contributed by atoms with E-state index in [0.29, 0.717) is 6.61 Å². The Morgan fingerprint density at radius 3 is 2.36 bits per heavy atom. The van der Waals surface area contributed by atoms with Gasteiger partial charge in [-0.15, -0.1) is 0 Å². The summed E-state index contributed by atoms with van der Waals surface area (Å²) in [7, 11) is 0.239. The van der Waals surface area contributed by atoms with Gasteiger partial charge in [0.1, 0.15) is 0 Å². The fourth-order valence-electron chi connectivity index (χ4n) is 0.530. The zero-order valence-electron chi connectivity index (χ0n) is 7.94. The van der Waals surface area contributed by atoms with E-state index in [-0.39, 0.29) is 0 Å². The molecule has 0 bridgehead atoms. The van der Waals surface area contributed by atoms with Gasteiger partial charge in [-0.2, -0.15) is 0 Å². The molecule has 0 radical (unpaired) electrons. The summed E-state index contributed by atoms with van der Waals surface area (Å²) in [5.41, 5.74) is 1.06. The topological polar surface area (TPSA) is 18.5 Å². The van der Waals surface area contributed by atoms with Crippen LogP contribution >= 0.6 is 0 Å². The maximum Gasteiger partial charge on any atom is 0.211 e. The van der Waals surface area contributed by atoms with Crippen molar-refractivity contribution in [2.45, 2.75) is 20.0 Å². The second-order valence-electron chi connectivity index (χ2n) is 3.41. The lowest BCUT2D eigenvalue weighted by Gasteiger charge is -2.19. The molecule has 0 rings (SSSR count). The predicted octanol–water partition coefficient (Wildman–Crippen LogP) is 1.97. The number of hydrogen-bond donors (Lipinski definition) is 0. The Morgan fingerprint density at radius 2 is 2.00 bits per heavy atom. The van der Waals surface area contributed by atoms with E-state index in [0.717, 1.165) is 11.8 Å². The van der Waals surface area contributed by atoms with Gasteiger partial charge >= 0.3 is 0 Å². The first-order valence-corrected chi connectivity index (χ1v) is 6.87. The van der Waals surface area contributed by atoms with Gasteiger partial charge in [0.2, 0.25) is 8.32 Å². The molecule has 0 heterocycles. The monoisotopic (exact) mass is 174 g/mol. The molecule has 66 valence electrons. The highest BCUT2D eigenvalue weighted by Gasteiger charge is 2.20. The van der Waals surface area contributed by atoms with E-state index in [1.54, 1.807) is 7.11 Å². The summed E-state index contributed by atoms with van der Waals surface area (Å²) in [6, 6.07) is 0. The molecule has 0 N–H and O–H groups in total. The van der Waals surface area contributed by atoms with E-state index in [1.165, 1.54) is 0 Å². The van der Waals surface area contributed by atoms with Crippen LogP contribution in [0.5, 0.6) is 0 Å². The maximum atomic E-state index is 5.39. The van der Waals surface area contributed by atoms with Crippen LogP contribution in [0.4, 0.5) is 0 Å². The van der Waals surface area contributed by atoms with Gasteiger partial charge in [-0.25, -0.2) is 0 Å². The van der Waals surface area contributed by atoms with Crippen molar-refractivity contribution in [3.8, 4) is 0 Å². The minimum Gasteiger partial charge on any atom is -0.418 e. The molecule has 0 aliphatic carbocycles. The fraction of sp³-hybridized carbons (Fsp3) is 0.750. The van der Waals surface area contributed by atoms with Crippen LogP contribution < -0.4 is 0 Å². The van der Waals surface area contributed by atoms with Crippen molar-refractivity contribution >= 4 is 8.32 Å². The van der Waals surface area contributed by atoms with Gasteiger partial charge < -0.3 is 9.16 Å². The molecule has 0 aromatic rings. The molecule has 0 aromatic carbocycles. The molecule has 0 unspecified atom stereocenters. The fourth-order valence-corrected chi connectivity index (χ4v) is 1.24. The van der Waals surface area contributed by atoms with Crippen molar-refractivity contribution in [3.63, 3.8) is 0 Å². The first-order valence-electron chi connectivity index (χ1n) is 3.75. The normalized spacial score (nSPS) is 11.6. The Hall–Kier alpha value is -0.123. The van der Waals surface area contributed by atoms with E-state index in [1.807, 2.05) is 6.92 Å². The van der Waals surface area contributed by atoms with Gasteiger partial charge in [0, 0.05) is 7.11 Å². The average Bonchev–Trinajstić information content (AvgIpc) is 1.87. The van der Waals surface area contributed by atoms with Crippen molar-refractivity contribution in [2.75, 3.05) is 19.9 Å². The molecule has 0 aromatic heterocycles. The molecule has 0 amide bonds. The van der Waals surface area contributed by atoms with Gasteiger partial charge in [-0.05, 0) is 20.0 Å². The molecular formula is C8H18O2Si. The van der Waals surface area contributed by atoms with E-state index in [2.05, 4.69) is 19.7 Å². The average molecular weight is 174 g/mol. The van der Waals surface area contributed by atoms with Crippen LogP contribution in [-0.2, 0) is 9.16 Å². The Morgan fingerprint density at radius 1 is 1.45 bits per heavy atom. The summed E-state index contributed by atoms with van der Waals surface area (Å²) in [5.74, 6) is 0.